The highest BCUT2D eigenvalue weighted by molar-refractivity contribution is 9.10. The fourth-order valence-corrected chi connectivity index (χ4v) is 6.19. The molecule has 3 heterocycles. The predicted octanol–water partition coefficient (Wildman–Crippen LogP) is 5.49. The molecule has 0 spiro atoms. The van der Waals surface area contributed by atoms with E-state index in [1.807, 2.05) is 18.2 Å². The van der Waals surface area contributed by atoms with E-state index in [0.29, 0.717) is 53.1 Å². The molecule has 5 rings (SSSR count). The number of ether oxygens (including phenoxy) is 3. The van der Waals surface area contributed by atoms with Crippen LogP contribution in [-0.2, 0) is 9.53 Å². The number of halogens is 2. The lowest BCUT2D eigenvalue weighted by atomic mass is 9.95. The normalized spacial score (nSPS) is 15.1. The molecule has 0 N–H and O–H groups in total. The van der Waals surface area contributed by atoms with Gasteiger partial charge in [0, 0.05) is 21.1 Å². The summed E-state index contributed by atoms with van der Waals surface area (Å²) >= 11 is 10.8. The van der Waals surface area contributed by atoms with Gasteiger partial charge in [0.25, 0.3) is 5.56 Å². The van der Waals surface area contributed by atoms with Crippen LogP contribution in [-0.4, -0.2) is 31.4 Å². The fraction of sp³-hybridized carbons (Fsp3) is 0.207. The van der Waals surface area contributed by atoms with Gasteiger partial charge in [-0.1, -0.05) is 38.9 Å². The maximum absolute atomic E-state index is 13.9. The standard InChI is InChI=1S/C29H24BrClN2O6S/c1-5-38-28(35)25-15(2)32-29-33(26(25)19-13-22(36-3)23(37-4)14-20(19)30)27(34)24(40-29)12-18-10-11-21(39-18)16-6-8-17(31)9-7-16/h6-14,26H,5H2,1-4H3/b24-12-. The summed E-state index contributed by atoms with van der Waals surface area (Å²) in [6.45, 7) is 3.64. The molecule has 2 aromatic heterocycles. The molecule has 2 aromatic carbocycles. The van der Waals surface area contributed by atoms with Crippen LogP contribution in [0.15, 0.2) is 78.5 Å². The molecule has 11 heteroatoms. The van der Waals surface area contributed by atoms with Crippen LogP contribution >= 0.6 is 38.9 Å². The van der Waals surface area contributed by atoms with Crippen molar-refractivity contribution in [2.45, 2.75) is 19.9 Å². The summed E-state index contributed by atoms with van der Waals surface area (Å²) in [6, 6.07) is 13.6. The molecule has 0 fully saturated rings. The Hall–Kier alpha value is -3.60. The smallest absolute Gasteiger partial charge is 0.338 e. The van der Waals surface area contributed by atoms with Crippen LogP contribution in [0.25, 0.3) is 17.4 Å². The third-order valence-corrected chi connectivity index (χ3v) is 8.27. The van der Waals surface area contributed by atoms with Gasteiger partial charge in [-0.2, -0.15) is 0 Å². The fourth-order valence-electron chi connectivity index (χ4n) is 4.49. The molecule has 0 aliphatic carbocycles. The second-order valence-electron chi connectivity index (χ2n) is 8.74. The highest BCUT2D eigenvalue weighted by atomic mass is 79.9. The Morgan fingerprint density at radius 3 is 2.52 bits per heavy atom. The summed E-state index contributed by atoms with van der Waals surface area (Å²) in [5, 5.41) is 0.629. The molecule has 1 aliphatic heterocycles. The van der Waals surface area contributed by atoms with Gasteiger partial charge in [-0.3, -0.25) is 9.36 Å². The minimum Gasteiger partial charge on any atom is -0.493 e. The number of benzene rings is 2. The lowest BCUT2D eigenvalue weighted by Crippen LogP contribution is -2.40. The number of furan rings is 1. The van der Waals surface area contributed by atoms with E-state index in [4.69, 9.17) is 30.2 Å². The summed E-state index contributed by atoms with van der Waals surface area (Å²) in [5.41, 5.74) is 1.87. The molecular weight excluding hydrogens is 620 g/mol. The molecular formula is C29H24BrClN2O6S. The number of hydrogen-bond acceptors (Lipinski definition) is 8. The molecule has 1 unspecified atom stereocenters. The monoisotopic (exact) mass is 642 g/mol. The van der Waals surface area contributed by atoms with E-state index in [9.17, 15) is 9.59 Å². The van der Waals surface area contributed by atoms with Gasteiger partial charge in [-0.05, 0) is 67.9 Å². The van der Waals surface area contributed by atoms with Crippen LogP contribution in [0, 0.1) is 0 Å². The number of nitrogens with zero attached hydrogens (tertiary/aromatic N) is 2. The number of thiazole rings is 1. The van der Waals surface area contributed by atoms with Crippen molar-refractivity contribution in [2.75, 3.05) is 20.8 Å². The maximum atomic E-state index is 13.9. The Kier molecular flexibility index (Phi) is 8.02. The van der Waals surface area contributed by atoms with Crippen LogP contribution in [0.1, 0.15) is 31.2 Å². The van der Waals surface area contributed by atoms with Crippen molar-refractivity contribution in [3.05, 3.63) is 100 Å². The van der Waals surface area contributed by atoms with E-state index in [2.05, 4.69) is 20.9 Å². The highest BCUT2D eigenvalue weighted by Crippen LogP contribution is 2.40. The van der Waals surface area contributed by atoms with Crippen molar-refractivity contribution in [3.8, 4) is 22.8 Å². The summed E-state index contributed by atoms with van der Waals surface area (Å²) in [4.78, 5) is 32.2. The maximum Gasteiger partial charge on any atom is 0.338 e. The van der Waals surface area contributed by atoms with Crippen LogP contribution in [0.4, 0.5) is 0 Å². The second kappa shape index (κ2) is 11.5. The summed E-state index contributed by atoms with van der Waals surface area (Å²) in [6.07, 6.45) is 1.67. The molecule has 1 aliphatic rings. The minimum atomic E-state index is -0.826. The largest absolute Gasteiger partial charge is 0.493 e. The van der Waals surface area contributed by atoms with Crippen molar-refractivity contribution in [2.24, 2.45) is 4.99 Å². The average molecular weight is 644 g/mol. The SMILES string of the molecule is CCOC(=O)C1=C(C)N=c2s/c(=C\c3ccc(-c4ccc(Cl)cc4)o3)c(=O)n2C1c1cc(OC)c(OC)cc1Br. The molecule has 206 valence electrons. The van der Waals surface area contributed by atoms with Gasteiger partial charge < -0.3 is 18.6 Å². The van der Waals surface area contributed by atoms with Gasteiger partial charge in [-0.15, -0.1) is 0 Å². The van der Waals surface area contributed by atoms with Crippen molar-refractivity contribution in [1.82, 2.24) is 4.57 Å². The van der Waals surface area contributed by atoms with E-state index in [0.717, 1.165) is 5.56 Å². The van der Waals surface area contributed by atoms with E-state index < -0.39 is 12.0 Å². The predicted molar refractivity (Wildman–Crippen MR) is 157 cm³/mol. The molecule has 0 bridgehead atoms. The first-order valence-corrected chi connectivity index (χ1v) is 14.2. The zero-order valence-corrected chi connectivity index (χ0v) is 25.1. The van der Waals surface area contributed by atoms with Crippen LogP contribution < -0.4 is 24.4 Å². The molecule has 4 aromatic rings. The topological polar surface area (TPSA) is 92.3 Å². The molecule has 1 atom stereocenters. The van der Waals surface area contributed by atoms with E-state index in [-0.39, 0.29) is 17.7 Å². The summed E-state index contributed by atoms with van der Waals surface area (Å²) < 4.78 is 24.9. The van der Waals surface area contributed by atoms with E-state index >= 15 is 0 Å². The molecule has 0 saturated heterocycles. The van der Waals surface area contributed by atoms with Gasteiger partial charge in [0.2, 0.25) is 0 Å². The highest BCUT2D eigenvalue weighted by Gasteiger charge is 2.35. The van der Waals surface area contributed by atoms with E-state index in [1.165, 1.54) is 30.1 Å². The number of hydrogen-bond donors (Lipinski definition) is 0. The first-order valence-electron chi connectivity index (χ1n) is 12.2. The number of carbonyl (C=O) groups excluding carboxylic acids is 1. The van der Waals surface area contributed by atoms with E-state index in [1.54, 1.807) is 50.3 Å². The lowest BCUT2D eigenvalue weighted by Gasteiger charge is -2.26. The van der Waals surface area contributed by atoms with Crippen LogP contribution in [0.3, 0.4) is 0 Å². The van der Waals surface area contributed by atoms with Crippen LogP contribution in [0.5, 0.6) is 11.5 Å². The average Bonchev–Trinajstić information content (AvgIpc) is 3.52. The van der Waals surface area contributed by atoms with Crippen molar-refractivity contribution in [3.63, 3.8) is 0 Å². The van der Waals surface area contributed by atoms with Gasteiger partial charge in [0.1, 0.15) is 11.5 Å². The van der Waals surface area contributed by atoms with Crippen molar-refractivity contribution in [1.29, 1.82) is 0 Å². The van der Waals surface area contributed by atoms with Gasteiger partial charge in [0.15, 0.2) is 16.3 Å². The number of aromatic nitrogens is 1. The van der Waals surface area contributed by atoms with Gasteiger partial charge in [0.05, 0.1) is 42.7 Å². The molecule has 40 heavy (non-hydrogen) atoms. The Balaban J connectivity index is 1.68. The summed E-state index contributed by atoms with van der Waals surface area (Å²) in [5.74, 6) is 1.54. The number of methoxy groups -OCH3 is 2. The quantitative estimate of drug-likeness (QED) is 0.247. The zero-order chi connectivity index (χ0) is 28.6. The van der Waals surface area contributed by atoms with Gasteiger partial charge >= 0.3 is 5.97 Å². The third kappa shape index (κ3) is 5.14. The number of rotatable bonds is 7. The van der Waals surface area contributed by atoms with Gasteiger partial charge in [-0.25, -0.2) is 9.79 Å². The Labute approximate surface area is 246 Å². The van der Waals surface area contributed by atoms with Crippen LogP contribution in [0.2, 0.25) is 5.02 Å². The first-order chi connectivity index (χ1) is 19.2. The minimum absolute atomic E-state index is 0.175. The Morgan fingerprint density at radius 1 is 1.15 bits per heavy atom. The number of allylic oxidation sites excluding steroid dienone is 1. The van der Waals surface area contributed by atoms with Crippen molar-refractivity contribution >= 4 is 50.9 Å². The summed E-state index contributed by atoms with van der Waals surface area (Å²) in [7, 11) is 3.06. The Bertz CT molecular complexity index is 1820. The second-order valence-corrected chi connectivity index (χ2v) is 11.0. The zero-order valence-electron chi connectivity index (χ0n) is 22.0. The third-order valence-electron chi connectivity index (χ3n) is 6.34. The lowest BCUT2D eigenvalue weighted by molar-refractivity contribution is -0.139. The number of carbonyl (C=O) groups is 1. The number of esters is 1. The van der Waals surface area contributed by atoms with Crippen molar-refractivity contribution < 1.29 is 23.4 Å². The molecule has 0 radical (unpaired) electrons. The first kappa shape index (κ1) is 27.9. The Morgan fingerprint density at radius 2 is 1.85 bits per heavy atom. The molecule has 8 nitrogen and oxygen atoms in total. The molecule has 0 saturated carbocycles. The number of fused-ring (bicyclic) bond motifs is 1. The molecule has 0 amide bonds.